The van der Waals surface area contributed by atoms with E-state index in [9.17, 15) is 18.0 Å². The summed E-state index contributed by atoms with van der Waals surface area (Å²) in [5.41, 5.74) is 1.80. The summed E-state index contributed by atoms with van der Waals surface area (Å²) < 4.78 is 39.6. The minimum Gasteiger partial charge on any atom is -0.496 e. The Bertz CT molecular complexity index is 1790. The van der Waals surface area contributed by atoms with Gasteiger partial charge in [0.25, 0.3) is 0 Å². The van der Waals surface area contributed by atoms with Crippen molar-refractivity contribution in [3.63, 3.8) is 0 Å². The fraction of sp³-hybridized carbons (Fsp3) is 0.241. The van der Waals surface area contributed by atoms with Gasteiger partial charge in [-0.25, -0.2) is 31.9 Å². The number of fused-ring (bicyclic) bond motifs is 3. The molecule has 1 fully saturated rings. The van der Waals surface area contributed by atoms with Crippen LogP contribution in [0, 0.1) is 6.92 Å². The molecule has 1 saturated heterocycles. The highest BCUT2D eigenvalue weighted by Crippen LogP contribution is 2.48. The van der Waals surface area contributed by atoms with Gasteiger partial charge >= 0.3 is 11.4 Å². The van der Waals surface area contributed by atoms with Crippen LogP contribution in [0.3, 0.4) is 0 Å². The van der Waals surface area contributed by atoms with Crippen molar-refractivity contribution in [1.82, 2.24) is 18.2 Å². The molecule has 0 unspecified atom stereocenters. The smallest absolute Gasteiger partial charge is 0.352 e. The topological polar surface area (TPSA) is 95.5 Å². The van der Waals surface area contributed by atoms with Gasteiger partial charge in [-0.2, -0.15) is 4.31 Å². The van der Waals surface area contributed by atoms with E-state index in [2.05, 4.69) is 0 Å². The molecular formula is C29H28N4O5S. The average Bonchev–Trinajstić information content (AvgIpc) is 3.46. The molecule has 0 bridgehead atoms. The number of para-hydroxylation sites is 1. The van der Waals surface area contributed by atoms with Gasteiger partial charge in [-0.3, -0.25) is 0 Å². The second-order valence-electron chi connectivity index (χ2n) is 9.67. The number of hydrogen-bond acceptors (Lipinski definition) is 5. The number of nitrogens with zero attached hydrogens (tertiary/aromatic N) is 4. The van der Waals surface area contributed by atoms with Crippen LogP contribution >= 0.6 is 0 Å². The molecule has 3 aromatic carbocycles. The highest BCUT2D eigenvalue weighted by atomic mass is 32.2. The fourth-order valence-electron chi connectivity index (χ4n) is 5.59. The summed E-state index contributed by atoms with van der Waals surface area (Å²) in [6.45, 7) is 4.07. The Hall–Kier alpha value is -4.15. The minimum atomic E-state index is -3.99. The van der Waals surface area contributed by atoms with Crippen LogP contribution in [-0.2, 0) is 21.3 Å². The van der Waals surface area contributed by atoms with Gasteiger partial charge < -0.3 is 4.74 Å². The van der Waals surface area contributed by atoms with E-state index in [-0.39, 0.29) is 18.0 Å². The van der Waals surface area contributed by atoms with E-state index in [0.717, 1.165) is 15.7 Å². The Labute approximate surface area is 225 Å². The van der Waals surface area contributed by atoms with Crippen LogP contribution in [0.25, 0.3) is 5.69 Å². The number of aryl methyl sites for hydroxylation is 1. The first-order valence-electron chi connectivity index (χ1n) is 12.8. The molecule has 10 heteroatoms. The molecule has 0 spiro atoms. The monoisotopic (exact) mass is 544 g/mol. The molecule has 1 aromatic heterocycles. The zero-order valence-corrected chi connectivity index (χ0v) is 22.4. The third-order valence-electron chi connectivity index (χ3n) is 7.34. The number of benzene rings is 3. The van der Waals surface area contributed by atoms with Crippen LogP contribution in [-0.4, -0.2) is 39.8 Å². The van der Waals surface area contributed by atoms with Crippen LogP contribution in [0.4, 0.5) is 0 Å². The zero-order valence-electron chi connectivity index (χ0n) is 21.6. The second-order valence-corrected chi connectivity index (χ2v) is 11.6. The van der Waals surface area contributed by atoms with Crippen molar-refractivity contribution in [3.05, 3.63) is 128 Å². The molecule has 3 heterocycles. The standard InChI is InChI=1S/C29H28N4O5S/c1-3-38-25-19-30-28(34)32(22-12-8-5-9-13-22)29(35)33(30)24-18-31(27(26(24)25)21-10-6-4-7-11-21)39(36,37)23-16-14-20(2)15-17-23/h4-17,24,27H,3,18-19H2,1-2H3/t24-,27+/m1/s1. The van der Waals surface area contributed by atoms with Crippen LogP contribution in [0.2, 0.25) is 0 Å². The van der Waals surface area contributed by atoms with E-state index < -0.39 is 33.5 Å². The Kier molecular flexibility index (Phi) is 6.16. The highest BCUT2D eigenvalue weighted by molar-refractivity contribution is 7.89. The number of ether oxygens (including phenoxy) is 1. The van der Waals surface area contributed by atoms with Gasteiger partial charge in [0.2, 0.25) is 10.0 Å². The molecule has 200 valence electrons. The van der Waals surface area contributed by atoms with Gasteiger partial charge in [0.1, 0.15) is 12.3 Å². The summed E-state index contributed by atoms with van der Waals surface area (Å²) in [6, 6.07) is 23.3. The van der Waals surface area contributed by atoms with Gasteiger partial charge in [-0.05, 0) is 43.7 Å². The average molecular weight is 545 g/mol. The maximum Gasteiger partial charge on any atom is 0.352 e. The summed E-state index contributed by atoms with van der Waals surface area (Å²) in [5.74, 6) is 0.505. The van der Waals surface area contributed by atoms with Gasteiger partial charge in [0.05, 0.1) is 29.3 Å². The maximum absolute atomic E-state index is 14.1. The molecule has 2 aliphatic rings. The normalized spacial score (nSPS) is 19.1. The summed E-state index contributed by atoms with van der Waals surface area (Å²) >= 11 is 0. The molecule has 0 N–H and O–H groups in total. The lowest BCUT2D eigenvalue weighted by molar-refractivity contribution is 0.183. The summed E-state index contributed by atoms with van der Waals surface area (Å²) in [5, 5.41) is 0. The van der Waals surface area contributed by atoms with E-state index in [0.29, 0.717) is 23.6 Å². The molecule has 0 saturated carbocycles. The molecule has 0 aliphatic carbocycles. The largest absolute Gasteiger partial charge is 0.496 e. The quantitative estimate of drug-likeness (QED) is 0.371. The number of hydrogen-bond donors (Lipinski definition) is 0. The van der Waals surface area contributed by atoms with Crippen LogP contribution in [0.15, 0.2) is 111 Å². The van der Waals surface area contributed by atoms with Crippen molar-refractivity contribution in [2.75, 3.05) is 13.2 Å². The van der Waals surface area contributed by atoms with Gasteiger partial charge in [-0.1, -0.05) is 66.2 Å². The van der Waals surface area contributed by atoms with Gasteiger partial charge in [0.15, 0.2) is 0 Å². The Morgan fingerprint density at radius 2 is 1.51 bits per heavy atom. The lowest BCUT2D eigenvalue weighted by Gasteiger charge is -2.28. The van der Waals surface area contributed by atoms with E-state index in [4.69, 9.17) is 4.74 Å². The molecule has 9 nitrogen and oxygen atoms in total. The first-order chi connectivity index (χ1) is 18.8. The zero-order chi connectivity index (χ0) is 27.3. The number of sulfonamides is 1. The number of allylic oxidation sites excluding steroid dienone is 1. The lowest BCUT2D eigenvalue weighted by Crippen LogP contribution is -2.37. The van der Waals surface area contributed by atoms with Crippen molar-refractivity contribution in [2.24, 2.45) is 0 Å². The second kappa shape index (κ2) is 9.55. The summed E-state index contributed by atoms with van der Waals surface area (Å²) in [7, 11) is -3.99. The SMILES string of the molecule is CCOC1=C2[C@H](c3ccccc3)N(S(=O)(=O)c3ccc(C)cc3)C[C@H]2n2c(=O)n(-c3ccccc3)c(=O)n2C1. The molecule has 0 radical (unpaired) electrons. The highest BCUT2D eigenvalue weighted by Gasteiger charge is 2.50. The minimum absolute atomic E-state index is 0.0231. The molecule has 6 rings (SSSR count). The van der Waals surface area contributed by atoms with Crippen molar-refractivity contribution in [1.29, 1.82) is 0 Å². The third kappa shape index (κ3) is 3.98. The van der Waals surface area contributed by atoms with Crippen LogP contribution in [0.1, 0.15) is 30.1 Å². The molecule has 0 amide bonds. The van der Waals surface area contributed by atoms with Crippen molar-refractivity contribution < 1.29 is 13.2 Å². The summed E-state index contributed by atoms with van der Waals surface area (Å²) in [4.78, 5) is 27.5. The van der Waals surface area contributed by atoms with E-state index in [1.165, 1.54) is 13.7 Å². The van der Waals surface area contributed by atoms with Crippen molar-refractivity contribution in [3.8, 4) is 5.69 Å². The van der Waals surface area contributed by atoms with E-state index >= 15 is 0 Å². The molecule has 4 aromatic rings. The van der Waals surface area contributed by atoms with Crippen LogP contribution in [0.5, 0.6) is 0 Å². The molecular weight excluding hydrogens is 516 g/mol. The predicted octanol–water partition coefficient (Wildman–Crippen LogP) is 3.40. The first-order valence-corrected chi connectivity index (χ1v) is 14.3. The Morgan fingerprint density at radius 3 is 2.15 bits per heavy atom. The molecule has 39 heavy (non-hydrogen) atoms. The maximum atomic E-state index is 14.1. The first kappa shape index (κ1) is 25.1. The Balaban J connectivity index is 1.59. The van der Waals surface area contributed by atoms with E-state index in [1.807, 2.05) is 50.2 Å². The fourth-order valence-corrected chi connectivity index (χ4v) is 7.19. The number of aromatic nitrogens is 3. The van der Waals surface area contributed by atoms with Crippen molar-refractivity contribution >= 4 is 10.0 Å². The van der Waals surface area contributed by atoms with Crippen LogP contribution < -0.4 is 11.4 Å². The van der Waals surface area contributed by atoms with E-state index in [1.54, 1.807) is 48.5 Å². The summed E-state index contributed by atoms with van der Waals surface area (Å²) in [6.07, 6.45) is 0. The Morgan fingerprint density at radius 1 is 0.872 bits per heavy atom. The van der Waals surface area contributed by atoms with Gasteiger partial charge in [0, 0.05) is 12.1 Å². The third-order valence-corrected chi connectivity index (χ3v) is 9.19. The van der Waals surface area contributed by atoms with Gasteiger partial charge in [-0.15, -0.1) is 0 Å². The molecule has 2 atom stereocenters. The van der Waals surface area contributed by atoms with Crippen molar-refractivity contribution in [2.45, 2.75) is 37.4 Å². The number of rotatable bonds is 6. The predicted molar refractivity (Wildman–Crippen MR) is 146 cm³/mol. The molecule has 2 aliphatic heterocycles. The lowest BCUT2D eigenvalue weighted by atomic mass is 9.95.